The maximum atomic E-state index is 12.5. The van der Waals surface area contributed by atoms with Crippen LogP contribution < -0.4 is 15.5 Å². The Labute approximate surface area is 161 Å². The van der Waals surface area contributed by atoms with E-state index in [0.29, 0.717) is 24.3 Å². The molecular formula is C20H20N4O4. The highest BCUT2D eigenvalue weighted by Gasteiger charge is 2.26. The summed E-state index contributed by atoms with van der Waals surface area (Å²) in [5.41, 5.74) is 1.90. The van der Waals surface area contributed by atoms with Gasteiger partial charge in [0.1, 0.15) is 5.69 Å². The molecule has 2 aromatic rings. The van der Waals surface area contributed by atoms with E-state index in [1.165, 1.54) is 6.07 Å². The second-order valence-electron chi connectivity index (χ2n) is 7.06. The molecule has 1 saturated heterocycles. The Balaban J connectivity index is 1.47. The largest absolute Gasteiger partial charge is 0.377 e. The van der Waals surface area contributed by atoms with Crippen molar-refractivity contribution in [3.8, 4) is 0 Å². The van der Waals surface area contributed by atoms with Gasteiger partial charge in [-0.15, -0.1) is 0 Å². The number of amides is 2. The predicted molar refractivity (Wildman–Crippen MR) is 106 cm³/mol. The average molecular weight is 380 g/mol. The number of nitrogens with one attached hydrogen (secondary N) is 2. The lowest BCUT2D eigenvalue weighted by Gasteiger charge is -2.16. The number of nitro groups is 1. The van der Waals surface area contributed by atoms with Gasteiger partial charge in [0, 0.05) is 42.0 Å². The van der Waals surface area contributed by atoms with E-state index in [9.17, 15) is 19.7 Å². The van der Waals surface area contributed by atoms with Crippen LogP contribution in [0.1, 0.15) is 36.0 Å². The number of benzene rings is 2. The third kappa shape index (κ3) is 3.80. The van der Waals surface area contributed by atoms with Crippen molar-refractivity contribution in [2.45, 2.75) is 31.7 Å². The first-order chi connectivity index (χ1) is 13.5. The van der Waals surface area contributed by atoms with Crippen molar-refractivity contribution in [2.75, 3.05) is 22.1 Å². The quantitative estimate of drug-likeness (QED) is 0.589. The second-order valence-corrected chi connectivity index (χ2v) is 7.06. The molecule has 0 atom stereocenters. The molecule has 1 saturated carbocycles. The Morgan fingerprint density at radius 3 is 2.50 bits per heavy atom. The van der Waals surface area contributed by atoms with Crippen LogP contribution in [0.3, 0.4) is 0 Å². The molecule has 1 aliphatic carbocycles. The van der Waals surface area contributed by atoms with E-state index in [4.69, 9.17) is 0 Å². The number of carbonyl (C=O) groups is 2. The zero-order valence-electron chi connectivity index (χ0n) is 15.2. The third-order valence-electron chi connectivity index (χ3n) is 4.90. The molecule has 2 aliphatic rings. The maximum absolute atomic E-state index is 12.5. The van der Waals surface area contributed by atoms with Gasteiger partial charge in [0.25, 0.3) is 11.6 Å². The minimum absolute atomic E-state index is 0.101. The third-order valence-corrected chi connectivity index (χ3v) is 4.90. The van der Waals surface area contributed by atoms with E-state index in [0.717, 1.165) is 24.9 Å². The van der Waals surface area contributed by atoms with Gasteiger partial charge in [-0.2, -0.15) is 0 Å². The number of nitrogens with zero attached hydrogens (tertiary/aromatic N) is 2. The van der Waals surface area contributed by atoms with Gasteiger partial charge in [-0.3, -0.25) is 19.7 Å². The van der Waals surface area contributed by atoms with Crippen molar-refractivity contribution in [3.05, 3.63) is 58.1 Å². The van der Waals surface area contributed by atoms with Crippen LogP contribution in [-0.2, 0) is 4.79 Å². The number of anilines is 3. The summed E-state index contributed by atoms with van der Waals surface area (Å²) < 4.78 is 0. The molecule has 0 unspecified atom stereocenters. The van der Waals surface area contributed by atoms with Gasteiger partial charge >= 0.3 is 0 Å². The minimum atomic E-state index is -0.483. The molecule has 2 N–H and O–H groups in total. The van der Waals surface area contributed by atoms with E-state index in [1.807, 2.05) is 0 Å². The monoisotopic (exact) mass is 380 g/mol. The van der Waals surface area contributed by atoms with Crippen molar-refractivity contribution < 1.29 is 14.5 Å². The first-order valence-corrected chi connectivity index (χ1v) is 9.28. The number of carbonyl (C=O) groups excluding carboxylic acids is 2. The Hall–Kier alpha value is -3.42. The summed E-state index contributed by atoms with van der Waals surface area (Å²) in [5.74, 6) is -0.324. The lowest BCUT2D eigenvalue weighted by Crippen LogP contribution is -2.23. The van der Waals surface area contributed by atoms with Gasteiger partial charge in [0.05, 0.1) is 4.92 Å². The lowest BCUT2D eigenvalue weighted by molar-refractivity contribution is -0.384. The van der Waals surface area contributed by atoms with Crippen LogP contribution in [0.5, 0.6) is 0 Å². The molecule has 144 valence electrons. The smallest absolute Gasteiger partial charge is 0.293 e. The first kappa shape index (κ1) is 18.0. The molecule has 0 radical (unpaired) electrons. The predicted octanol–water partition coefficient (Wildman–Crippen LogP) is 3.55. The molecule has 2 fully saturated rings. The molecule has 4 rings (SSSR count). The molecule has 8 nitrogen and oxygen atoms in total. The highest BCUT2D eigenvalue weighted by Crippen LogP contribution is 2.32. The van der Waals surface area contributed by atoms with Gasteiger partial charge in [-0.25, -0.2) is 0 Å². The van der Waals surface area contributed by atoms with Crippen molar-refractivity contribution in [3.63, 3.8) is 0 Å². The van der Waals surface area contributed by atoms with E-state index in [2.05, 4.69) is 10.6 Å². The summed E-state index contributed by atoms with van der Waals surface area (Å²) >= 11 is 0. The first-order valence-electron chi connectivity index (χ1n) is 9.28. The van der Waals surface area contributed by atoms with Gasteiger partial charge in [-0.1, -0.05) is 0 Å². The van der Waals surface area contributed by atoms with Crippen LogP contribution in [0.2, 0.25) is 0 Å². The summed E-state index contributed by atoms with van der Waals surface area (Å²) in [4.78, 5) is 36.9. The van der Waals surface area contributed by atoms with Crippen LogP contribution in [0.25, 0.3) is 0 Å². The number of hydrogen-bond donors (Lipinski definition) is 2. The Bertz CT molecular complexity index is 938. The molecule has 0 spiro atoms. The van der Waals surface area contributed by atoms with Gasteiger partial charge < -0.3 is 15.5 Å². The van der Waals surface area contributed by atoms with E-state index in [-0.39, 0.29) is 23.2 Å². The van der Waals surface area contributed by atoms with Gasteiger partial charge in [0.2, 0.25) is 5.91 Å². The zero-order chi connectivity index (χ0) is 19.7. The fraction of sp³-hybridized carbons (Fsp3) is 0.300. The Kier molecular flexibility index (Phi) is 4.68. The number of rotatable bonds is 6. The van der Waals surface area contributed by atoms with Crippen molar-refractivity contribution in [2.24, 2.45) is 0 Å². The van der Waals surface area contributed by atoms with Crippen LogP contribution in [0, 0.1) is 10.1 Å². The zero-order valence-corrected chi connectivity index (χ0v) is 15.2. The molecule has 1 heterocycles. The highest BCUT2D eigenvalue weighted by atomic mass is 16.6. The normalized spacial score (nSPS) is 16.1. The number of hydrogen-bond acceptors (Lipinski definition) is 5. The summed E-state index contributed by atoms with van der Waals surface area (Å²) in [6, 6.07) is 11.7. The molecule has 0 bridgehead atoms. The summed E-state index contributed by atoms with van der Waals surface area (Å²) in [6.45, 7) is 0.704. The van der Waals surface area contributed by atoms with Gasteiger partial charge in [-0.05, 0) is 55.7 Å². The summed E-state index contributed by atoms with van der Waals surface area (Å²) in [7, 11) is 0. The molecule has 0 aromatic heterocycles. The molecule has 28 heavy (non-hydrogen) atoms. The van der Waals surface area contributed by atoms with Crippen LogP contribution >= 0.6 is 0 Å². The van der Waals surface area contributed by atoms with E-state index >= 15 is 0 Å². The van der Waals surface area contributed by atoms with E-state index < -0.39 is 10.8 Å². The van der Waals surface area contributed by atoms with Gasteiger partial charge in [0.15, 0.2) is 0 Å². The topological polar surface area (TPSA) is 105 Å². The summed E-state index contributed by atoms with van der Waals surface area (Å²) in [6.07, 6.45) is 3.40. The van der Waals surface area contributed by atoms with Crippen LogP contribution in [0.4, 0.5) is 22.7 Å². The fourth-order valence-corrected chi connectivity index (χ4v) is 3.24. The minimum Gasteiger partial charge on any atom is -0.377 e. The molecule has 2 aromatic carbocycles. The standard InChI is InChI=1S/C20H20N4O4/c25-19-2-1-11-23(19)16-8-6-15(7-9-16)22-20(26)13-3-10-17(21-14-4-5-14)18(12-13)24(27)28/h3,6-10,12,14,21H,1-2,4-5,11H2,(H,22,26). The lowest BCUT2D eigenvalue weighted by atomic mass is 10.1. The Morgan fingerprint density at radius 1 is 1.14 bits per heavy atom. The molecule has 1 aliphatic heterocycles. The second kappa shape index (κ2) is 7.30. The molecule has 8 heteroatoms. The van der Waals surface area contributed by atoms with Crippen molar-refractivity contribution >= 4 is 34.6 Å². The number of nitro benzene ring substituents is 1. The highest BCUT2D eigenvalue weighted by molar-refractivity contribution is 6.05. The Morgan fingerprint density at radius 2 is 1.89 bits per heavy atom. The summed E-state index contributed by atoms with van der Waals surface area (Å²) in [5, 5.41) is 17.2. The van der Waals surface area contributed by atoms with Crippen molar-refractivity contribution in [1.29, 1.82) is 0 Å². The van der Waals surface area contributed by atoms with Crippen LogP contribution in [0.15, 0.2) is 42.5 Å². The SMILES string of the molecule is O=C(Nc1ccc(N2CCCC2=O)cc1)c1ccc(NC2CC2)c([N+](=O)[O-])c1. The maximum Gasteiger partial charge on any atom is 0.293 e. The van der Waals surface area contributed by atoms with Crippen LogP contribution in [-0.4, -0.2) is 29.3 Å². The molecule has 2 amide bonds. The molecular weight excluding hydrogens is 360 g/mol. The van der Waals surface area contributed by atoms with E-state index in [1.54, 1.807) is 41.3 Å². The average Bonchev–Trinajstić information content (AvgIpc) is 3.40. The fourth-order valence-electron chi connectivity index (χ4n) is 3.24. The van der Waals surface area contributed by atoms with Crippen molar-refractivity contribution in [1.82, 2.24) is 0 Å².